The zero-order valence-corrected chi connectivity index (χ0v) is 16.3. The van der Waals surface area contributed by atoms with E-state index < -0.39 is 23.7 Å². The van der Waals surface area contributed by atoms with Crippen molar-refractivity contribution in [3.63, 3.8) is 0 Å². The second-order valence-electron chi connectivity index (χ2n) is 7.07. The summed E-state index contributed by atoms with van der Waals surface area (Å²) in [5.74, 6) is -1.72. The van der Waals surface area contributed by atoms with Gasteiger partial charge in [-0.3, -0.25) is 0 Å². The van der Waals surface area contributed by atoms with Crippen molar-refractivity contribution in [2.24, 2.45) is 5.92 Å². The number of benzene rings is 2. The average molecular weight is 404 g/mol. The van der Waals surface area contributed by atoms with Crippen LogP contribution < -0.4 is 0 Å². The Morgan fingerprint density at radius 2 is 1.57 bits per heavy atom. The molecule has 0 amide bonds. The van der Waals surface area contributed by atoms with Gasteiger partial charge in [-0.15, -0.1) is 11.3 Å². The van der Waals surface area contributed by atoms with Crippen LogP contribution >= 0.6 is 11.3 Å². The van der Waals surface area contributed by atoms with Crippen LogP contribution in [0, 0.1) is 30.3 Å². The highest BCUT2D eigenvalue weighted by Crippen LogP contribution is 2.36. The Morgan fingerprint density at radius 3 is 2.14 bits per heavy atom. The Kier molecular flexibility index (Phi) is 5.27. The van der Waals surface area contributed by atoms with Gasteiger partial charge in [-0.25, -0.2) is 13.2 Å². The zero-order valence-electron chi connectivity index (χ0n) is 15.5. The van der Waals surface area contributed by atoms with Crippen LogP contribution in [0.2, 0.25) is 0 Å². The Hall–Kier alpha value is -2.15. The minimum absolute atomic E-state index is 0.0861. The van der Waals surface area contributed by atoms with Crippen molar-refractivity contribution in [3.8, 4) is 21.6 Å². The lowest BCUT2D eigenvalue weighted by atomic mass is 10.00. The van der Waals surface area contributed by atoms with E-state index >= 15 is 0 Å². The fourth-order valence-electron chi connectivity index (χ4n) is 3.24. The topological polar surface area (TPSA) is 18.5 Å². The number of hydrogen-bond acceptors (Lipinski definition) is 3. The summed E-state index contributed by atoms with van der Waals surface area (Å²) >= 11 is 1.31. The predicted octanol–water partition coefficient (Wildman–Crippen LogP) is 6.49. The highest BCUT2D eigenvalue weighted by molar-refractivity contribution is 7.15. The molecular weight excluding hydrogens is 385 g/mol. The van der Waals surface area contributed by atoms with Crippen molar-refractivity contribution in [2.45, 2.75) is 20.1 Å². The summed E-state index contributed by atoms with van der Waals surface area (Å²) in [5, 5.41) is 0. The Labute approximate surface area is 165 Å². The fourth-order valence-corrected chi connectivity index (χ4v) is 4.15. The fraction of sp³-hybridized carbons (Fsp3) is 0.273. The second kappa shape index (κ2) is 7.70. The van der Waals surface area contributed by atoms with E-state index in [9.17, 15) is 13.2 Å². The van der Waals surface area contributed by atoms with E-state index in [4.69, 9.17) is 9.47 Å². The van der Waals surface area contributed by atoms with Crippen LogP contribution in [0.4, 0.5) is 13.2 Å². The third-order valence-corrected chi connectivity index (χ3v) is 5.69. The third kappa shape index (κ3) is 3.72. The van der Waals surface area contributed by atoms with Crippen LogP contribution in [-0.4, -0.2) is 13.2 Å². The van der Waals surface area contributed by atoms with Gasteiger partial charge in [0.2, 0.25) is 0 Å². The average Bonchev–Trinajstić information content (AvgIpc) is 3.07. The molecule has 0 bridgehead atoms. The van der Waals surface area contributed by atoms with Gasteiger partial charge in [-0.1, -0.05) is 19.1 Å². The smallest absolute Gasteiger partial charge is 0.183 e. The van der Waals surface area contributed by atoms with Crippen LogP contribution in [0.15, 0.2) is 42.5 Å². The van der Waals surface area contributed by atoms with Crippen LogP contribution in [0.3, 0.4) is 0 Å². The highest BCUT2D eigenvalue weighted by Gasteiger charge is 2.23. The molecule has 1 fully saturated rings. The molecule has 0 spiro atoms. The predicted molar refractivity (Wildman–Crippen MR) is 104 cm³/mol. The largest absolute Gasteiger partial charge is 0.348 e. The van der Waals surface area contributed by atoms with Crippen LogP contribution in [0.1, 0.15) is 23.7 Å². The molecule has 1 aliphatic heterocycles. The van der Waals surface area contributed by atoms with Crippen molar-refractivity contribution < 1.29 is 22.6 Å². The molecule has 0 atom stereocenters. The molecule has 0 unspecified atom stereocenters. The van der Waals surface area contributed by atoms with Gasteiger partial charge in [0.25, 0.3) is 0 Å². The van der Waals surface area contributed by atoms with Gasteiger partial charge in [0.15, 0.2) is 6.29 Å². The van der Waals surface area contributed by atoms with Crippen LogP contribution in [-0.2, 0) is 9.47 Å². The summed E-state index contributed by atoms with van der Waals surface area (Å²) in [6, 6.07) is 10.3. The van der Waals surface area contributed by atoms with Crippen molar-refractivity contribution in [2.75, 3.05) is 13.2 Å². The number of rotatable bonds is 3. The minimum atomic E-state index is -0.715. The number of aryl methyl sites for hydroxylation is 1. The first kappa shape index (κ1) is 19.2. The number of ether oxygens (including phenoxy) is 2. The van der Waals surface area contributed by atoms with E-state index in [1.54, 1.807) is 18.2 Å². The van der Waals surface area contributed by atoms with Gasteiger partial charge < -0.3 is 9.47 Å². The van der Waals surface area contributed by atoms with Gasteiger partial charge >= 0.3 is 0 Å². The highest BCUT2D eigenvalue weighted by atomic mass is 32.1. The molecule has 146 valence electrons. The summed E-state index contributed by atoms with van der Waals surface area (Å²) in [6.07, 6.45) is -0.627. The van der Waals surface area contributed by atoms with Crippen molar-refractivity contribution in [3.05, 3.63) is 70.4 Å². The first-order valence-corrected chi connectivity index (χ1v) is 9.83. The normalized spacial score (nSPS) is 19.8. The minimum Gasteiger partial charge on any atom is -0.348 e. The lowest BCUT2D eigenvalue weighted by Crippen LogP contribution is -2.25. The summed E-state index contributed by atoms with van der Waals surface area (Å²) < 4.78 is 55.1. The molecule has 1 aromatic heterocycles. The Bertz CT molecular complexity index is 984. The SMILES string of the molecule is Cc1ccc(-c2c(F)cc(-c3ccc(C4OCC(C)CO4)cc3F)cc2F)s1. The summed E-state index contributed by atoms with van der Waals surface area (Å²) in [5.41, 5.74) is 0.728. The molecule has 28 heavy (non-hydrogen) atoms. The Morgan fingerprint density at radius 1 is 0.893 bits per heavy atom. The third-order valence-electron chi connectivity index (χ3n) is 4.67. The molecule has 4 rings (SSSR count). The van der Waals surface area contributed by atoms with Crippen molar-refractivity contribution >= 4 is 11.3 Å². The van der Waals surface area contributed by atoms with Crippen LogP contribution in [0.25, 0.3) is 21.6 Å². The molecule has 0 N–H and O–H groups in total. The molecule has 2 aromatic carbocycles. The Balaban J connectivity index is 1.66. The van der Waals surface area contributed by atoms with Gasteiger partial charge in [0.05, 0.1) is 18.8 Å². The maximum atomic E-state index is 14.7. The van der Waals surface area contributed by atoms with E-state index in [1.165, 1.54) is 35.6 Å². The van der Waals surface area contributed by atoms with Crippen molar-refractivity contribution in [1.82, 2.24) is 0 Å². The second-order valence-corrected chi connectivity index (χ2v) is 8.36. The molecule has 3 aromatic rings. The van der Waals surface area contributed by atoms with E-state index in [1.807, 2.05) is 13.8 Å². The maximum Gasteiger partial charge on any atom is 0.183 e. The number of thiophene rings is 1. The van der Waals surface area contributed by atoms with Crippen LogP contribution in [0.5, 0.6) is 0 Å². The zero-order chi connectivity index (χ0) is 19.8. The molecule has 6 heteroatoms. The molecular formula is C22H19F3O2S. The molecule has 1 aliphatic rings. The molecule has 2 nitrogen and oxygen atoms in total. The van der Waals surface area contributed by atoms with E-state index in [-0.39, 0.29) is 22.6 Å². The summed E-state index contributed by atoms with van der Waals surface area (Å²) in [4.78, 5) is 1.47. The molecule has 1 saturated heterocycles. The van der Waals surface area contributed by atoms with Gasteiger partial charge in [0.1, 0.15) is 17.5 Å². The first-order chi connectivity index (χ1) is 13.4. The molecule has 0 saturated carbocycles. The van der Waals surface area contributed by atoms with Gasteiger partial charge in [0, 0.05) is 26.8 Å². The molecule has 0 aliphatic carbocycles. The summed E-state index contributed by atoms with van der Waals surface area (Å²) in [6.45, 7) is 4.95. The number of hydrogen-bond donors (Lipinski definition) is 0. The summed E-state index contributed by atoms with van der Waals surface area (Å²) in [7, 11) is 0. The van der Waals surface area contributed by atoms with E-state index in [2.05, 4.69) is 0 Å². The molecule has 0 radical (unpaired) electrons. The first-order valence-electron chi connectivity index (χ1n) is 9.01. The lowest BCUT2D eigenvalue weighted by Gasteiger charge is -2.27. The van der Waals surface area contributed by atoms with Gasteiger partial charge in [-0.2, -0.15) is 0 Å². The maximum absolute atomic E-state index is 14.7. The van der Waals surface area contributed by atoms with E-state index in [0.29, 0.717) is 23.7 Å². The number of halogens is 3. The van der Waals surface area contributed by atoms with E-state index in [0.717, 1.165) is 4.88 Å². The quantitative estimate of drug-likeness (QED) is 0.497. The molecule has 2 heterocycles. The monoisotopic (exact) mass is 404 g/mol. The standard InChI is InChI=1S/C22H19F3O2S/c1-12-10-26-22(27-11-12)14-4-5-16(17(23)7-14)15-8-18(24)21(19(25)9-15)20-6-3-13(2)28-20/h3-9,12,22H,10-11H2,1-2H3. The van der Waals surface area contributed by atoms with Gasteiger partial charge in [-0.05, 0) is 42.8 Å². The van der Waals surface area contributed by atoms with Crippen molar-refractivity contribution in [1.29, 1.82) is 0 Å². The lowest BCUT2D eigenvalue weighted by molar-refractivity contribution is -0.202.